The van der Waals surface area contributed by atoms with Crippen molar-refractivity contribution in [3.63, 3.8) is 0 Å². The number of likely N-dealkylation sites (tertiary alicyclic amines) is 1. The molecule has 0 unspecified atom stereocenters. The highest BCUT2D eigenvalue weighted by Gasteiger charge is 2.10. The van der Waals surface area contributed by atoms with Gasteiger partial charge in [-0.1, -0.05) is 0 Å². The summed E-state index contributed by atoms with van der Waals surface area (Å²) in [5.41, 5.74) is 0. The van der Waals surface area contributed by atoms with Gasteiger partial charge in [0.25, 0.3) is 0 Å². The summed E-state index contributed by atoms with van der Waals surface area (Å²) in [6, 6.07) is 1.85. The largest absolute Gasteiger partial charge is 0.478 e. The van der Waals surface area contributed by atoms with Crippen molar-refractivity contribution in [3.05, 3.63) is 12.4 Å². The van der Waals surface area contributed by atoms with E-state index in [1.807, 2.05) is 13.0 Å². The number of nitrogens with zero attached hydrogens (tertiary/aromatic N) is 3. The van der Waals surface area contributed by atoms with Crippen LogP contribution in [-0.2, 0) is 0 Å². The summed E-state index contributed by atoms with van der Waals surface area (Å²) in [6.45, 7) is 7.23. The average Bonchev–Trinajstić information content (AvgIpc) is 2.89. The first kappa shape index (κ1) is 13.1. The maximum atomic E-state index is 5.33. The second-order valence-corrected chi connectivity index (χ2v) is 4.50. The van der Waals surface area contributed by atoms with E-state index < -0.39 is 0 Å². The third-order valence-corrected chi connectivity index (χ3v) is 3.09. The third kappa shape index (κ3) is 4.14. The van der Waals surface area contributed by atoms with Gasteiger partial charge in [0, 0.05) is 12.6 Å². The molecule has 0 aliphatic carbocycles. The molecule has 2 heterocycles. The topological polar surface area (TPSA) is 50.3 Å². The molecule has 2 rings (SSSR count). The molecule has 1 aromatic heterocycles. The van der Waals surface area contributed by atoms with Gasteiger partial charge in [-0.15, -0.1) is 0 Å². The molecule has 0 atom stereocenters. The molecule has 5 heteroatoms. The molecule has 1 aliphatic rings. The Morgan fingerprint density at radius 3 is 2.94 bits per heavy atom. The number of rotatable bonds is 7. The molecular formula is C13H22N4O. The van der Waals surface area contributed by atoms with Crippen LogP contribution in [-0.4, -0.2) is 47.7 Å². The van der Waals surface area contributed by atoms with E-state index >= 15 is 0 Å². The molecule has 1 aliphatic heterocycles. The molecule has 100 valence electrons. The summed E-state index contributed by atoms with van der Waals surface area (Å²) < 4.78 is 5.33. The zero-order valence-electron chi connectivity index (χ0n) is 11.1. The quantitative estimate of drug-likeness (QED) is 0.747. The van der Waals surface area contributed by atoms with E-state index in [0.29, 0.717) is 12.5 Å². The number of aromatic nitrogens is 2. The van der Waals surface area contributed by atoms with Gasteiger partial charge >= 0.3 is 0 Å². The van der Waals surface area contributed by atoms with Crippen molar-refractivity contribution in [2.24, 2.45) is 0 Å². The van der Waals surface area contributed by atoms with Crippen molar-refractivity contribution >= 4 is 5.82 Å². The second kappa shape index (κ2) is 7.16. The van der Waals surface area contributed by atoms with Crippen LogP contribution in [0.4, 0.5) is 5.82 Å². The first-order chi connectivity index (χ1) is 8.88. The highest BCUT2D eigenvalue weighted by molar-refractivity contribution is 5.36. The summed E-state index contributed by atoms with van der Waals surface area (Å²) in [4.78, 5) is 10.7. The van der Waals surface area contributed by atoms with Gasteiger partial charge in [-0.05, 0) is 45.8 Å². The van der Waals surface area contributed by atoms with E-state index in [2.05, 4.69) is 20.2 Å². The number of nitrogens with one attached hydrogen (secondary N) is 1. The Hall–Kier alpha value is -1.36. The van der Waals surface area contributed by atoms with E-state index in [1.165, 1.54) is 38.8 Å². The SMILES string of the molecule is CCOc1cc(NCCCN2CCCC2)ncn1. The van der Waals surface area contributed by atoms with Crippen molar-refractivity contribution in [2.75, 3.05) is 38.1 Å². The van der Waals surface area contributed by atoms with Gasteiger partial charge in [0.05, 0.1) is 6.61 Å². The molecule has 0 radical (unpaired) electrons. The van der Waals surface area contributed by atoms with Gasteiger partial charge in [0.1, 0.15) is 12.1 Å². The minimum Gasteiger partial charge on any atom is -0.478 e. The van der Waals surface area contributed by atoms with Crippen LogP contribution in [0.3, 0.4) is 0 Å². The maximum absolute atomic E-state index is 5.33. The summed E-state index contributed by atoms with van der Waals surface area (Å²) >= 11 is 0. The molecule has 0 saturated carbocycles. The standard InChI is InChI=1S/C13H22N4O/c1-2-18-13-10-12(15-11-16-13)14-6-5-9-17-7-3-4-8-17/h10-11H,2-9H2,1H3,(H,14,15,16). The number of hydrogen-bond acceptors (Lipinski definition) is 5. The van der Waals surface area contributed by atoms with Crippen LogP contribution in [0, 0.1) is 0 Å². The predicted octanol–water partition coefficient (Wildman–Crippen LogP) is 1.77. The highest BCUT2D eigenvalue weighted by atomic mass is 16.5. The smallest absolute Gasteiger partial charge is 0.218 e. The van der Waals surface area contributed by atoms with Crippen LogP contribution in [0.1, 0.15) is 26.2 Å². The van der Waals surface area contributed by atoms with Gasteiger partial charge in [-0.2, -0.15) is 0 Å². The number of anilines is 1. The summed E-state index contributed by atoms with van der Waals surface area (Å²) in [5.74, 6) is 1.48. The normalized spacial score (nSPS) is 15.8. The average molecular weight is 250 g/mol. The zero-order chi connectivity index (χ0) is 12.6. The minimum absolute atomic E-state index is 0.630. The Bertz CT molecular complexity index is 353. The molecule has 0 amide bonds. The molecule has 0 bridgehead atoms. The lowest BCUT2D eigenvalue weighted by atomic mass is 10.4. The molecule has 1 aromatic rings. The van der Waals surface area contributed by atoms with Crippen molar-refractivity contribution in [2.45, 2.75) is 26.2 Å². The molecule has 18 heavy (non-hydrogen) atoms. The van der Waals surface area contributed by atoms with Crippen LogP contribution in [0.5, 0.6) is 5.88 Å². The van der Waals surface area contributed by atoms with E-state index in [-0.39, 0.29) is 0 Å². The molecule has 1 N–H and O–H groups in total. The first-order valence-electron chi connectivity index (χ1n) is 6.79. The Morgan fingerprint density at radius 1 is 1.33 bits per heavy atom. The molecule has 5 nitrogen and oxygen atoms in total. The van der Waals surface area contributed by atoms with Crippen LogP contribution in [0.2, 0.25) is 0 Å². The lowest BCUT2D eigenvalue weighted by molar-refractivity contribution is 0.326. The van der Waals surface area contributed by atoms with E-state index in [9.17, 15) is 0 Å². The minimum atomic E-state index is 0.630. The van der Waals surface area contributed by atoms with Gasteiger partial charge in [0.15, 0.2) is 0 Å². The van der Waals surface area contributed by atoms with Gasteiger partial charge in [0.2, 0.25) is 5.88 Å². The fourth-order valence-electron chi connectivity index (χ4n) is 2.19. The van der Waals surface area contributed by atoms with Gasteiger partial charge in [-0.25, -0.2) is 9.97 Å². The van der Waals surface area contributed by atoms with Crippen molar-refractivity contribution in [3.8, 4) is 5.88 Å². The van der Waals surface area contributed by atoms with Crippen molar-refractivity contribution < 1.29 is 4.74 Å². The highest BCUT2D eigenvalue weighted by Crippen LogP contribution is 2.11. The van der Waals surface area contributed by atoms with Crippen LogP contribution in [0.15, 0.2) is 12.4 Å². The summed E-state index contributed by atoms with van der Waals surface area (Å²) in [5, 5.41) is 3.31. The molecule has 1 fully saturated rings. The summed E-state index contributed by atoms with van der Waals surface area (Å²) in [7, 11) is 0. The van der Waals surface area contributed by atoms with Crippen LogP contribution >= 0.6 is 0 Å². The second-order valence-electron chi connectivity index (χ2n) is 4.50. The third-order valence-electron chi connectivity index (χ3n) is 3.09. The van der Waals surface area contributed by atoms with Crippen molar-refractivity contribution in [1.82, 2.24) is 14.9 Å². The molecule has 1 saturated heterocycles. The Kier molecular flexibility index (Phi) is 5.20. The lowest BCUT2D eigenvalue weighted by Gasteiger charge is -2.14. The van der Waals surface area contributed by atoms with E-state index in [0.717, 1.165) is 18.8 Å². The Balaban J connectivity index is 1.67. The fraction of sp³-hybridized carbons (Fsp3) is 0.692. The Morgan fingerprint density at radius 2 is 2.17 bits per heavy atom. The van der Waals surface area contributed by atoms with Crippen molar-refractivity contribution in [1.29, 1.82) is 0 Å². The Labute approximate surface area is 109 Å². The summed E-state index contributed by atoms with van der Waals surface area (Å²) in [6.07, 6.45) is 5.40. The predicted molar refractivity (Wildman–Crippen MR) is 72.0 cm³/mol. The number of hydrogen-bond donors (Lipinski definition) is 1. The van der Waals surface area contributed by atoms with Crippen LogP contribution in [0.25, 0.3) is 0 Å². The fourth-order valence-corrected chi connectivity index (χ4v) is 2.19. The zero-order valence-corrected chi connectivity index (χ0v) is 11.1. The molecule has 0 aromatic carbocycles. The first-order valence-corrected chi connectivity index (χ1v) is 6.79. The van der Waals surface area contributed by atoms with E-state index in [4.69, 9.17) is 4.74 Å². The lowest BCUT2D eigenvalue weighted by Crippen LogP contribution is -2.22. The number of ether oxygens (including phenoxy) is 1. The maximum Gasteiger partial charge on any atom is 0.218 e. The van der Waals surface area contributed by atoms with Gasteiger partial charge in [-0.3, -0.25) is 0 Å². The van der Waals surface area contributed by atoms with E-state index in [1.54, 1.807) is 0 Å². The molecule has 0 spiro atoms. The molecular weight excluding hydrogens is 228 g/mol. The van der Waals surface area contributed by atoms with Gasteiger partial charge < -0.3 is 15.0 Å². The van der Waals surface area contributed by atoms with Crippen LogP contribution < -0.4 is 10.1 Å². The monoisotopic (exact) mass is 250 g/mol.